The molecule has 1 aliphatic rings. The summed E-state index contributed by atoms with van der Waals surface area (Å²) in [6.07, 6.45) is 2.93. The highest BCUT2D eigenvalue weighted by Crippen LogP contribution is 2.43. The number of carbonyl (C=O) groups excluding carboxylic acids is 1. The number of ether oxygens (including phenoxy) is 4. The molecule has 2 aromatic carbocycles. The van der Waals surface area contributed by atoms with Crippen LogP contribution >= 0.6 is 0 Å². The highest BCUT2D eigenvalue weighted by atomic mass is 19.1. The summed E-state index contributed by atoms with van der Waals surface area (Å²) in [5.41, 5.74) is 0.921. The number of fused-ring (bicyclic) bond motifs is 3. The zero-order chi connectivity index (χ0) is 31.0. The minimum atomic E-state index is -1.56. The van der Waals surface area contributed by atoms with E-state index in [9.17, 15) is 9.18 Å². The second-order valence-electron chi connectivity index (χ2n) is 11.6. The van der Waals surface area contributed by atoms with E-state index < -0.39 is 29.3 Å². The number of alkyl halides is 1. The Morgan fingerprint density at radius 3 is 2.44 bits per heavy atom. The molecule has 0 aliphatic carbocycles. The first kappa shape index (κ1) is 32.8. The molecule has 236 valence electrons. The van der Waals surface area contributed by atoms with Gasteiger partial charge in [-0.15, -0.1) is 0 Å². The quantitative estimate of drug-likeness (QED) is 0.145. The van der Waals surface area contributed by atoms with Crippen molar-refractivity contribution in [2.75, 3.05) is 46.2 Å². The van der Waals surface area contributed by atoms with Gasteiger partial charge in [0.1, 0.15) is 29.7 Å². The molecular formula is C33H43F3N2O5. The fourth-order valence-corrected chi connectivity index (χ4v) is 5.66. The number of nitrogens with zero attached hydrogens (tertiary/aromatic N) is 1. The summed E-state index contributed by atoms with van der Waals surface area (Å²) >= 11 is 0. The van der Waals surface area contributed by atoms with Gasteiger partial charge < -0.3 is 23.9 Å². The number of esters is 1. The summed E-state index contributed by atoms with van der Waals surface area (Å²) in [4.78, 5) is 16.4. The van der Waals surface area contributed by atoms with Gasteiger partial charge >= 0.3 is 5.97 Å². The molecule has 1 aliphatic heterocycles. The number of hydrogen-bond donors (Lipinski definition) is 1. The van der Waals surface area contributed by atoms with Crippen molar-refractivity contribution >= 4 is 16.9 Å². The number of nitrogens with one attached hydrogen (secondary N) is 1. The third-order valence-corrected chi connectivity index (χ3v) is 7.50. The summed E-state index contributed by atoms with van der Waals surface area (Å²) in [6, 6.07) is 9.29. The molecule has 10 heteroatoms. The Morgan fingerprint density at radius 1 is 1.02 bits per heavy atom. The van der Waals surface area contributed by atoms with E-state index in [0.29, 0.717) is 51.6 Å². The second kappa shape index (κ2) is 15.1. The molecule has 4 rings (SSSR count). The summed E-state index contributed by atoms with van der Waals surface area (Å²) < 4.78 is 67.6. The van der Waals surface area contributed by atoms with Crippen molar-refractivity contribution in [3.8, 4) is 5.75 Å². The van der Waals surface area contributed by atoms with E-state index in [-0.39, 0.29) is 30.5 Å². The number of aromatic nitrogens is 1. The number of benzene rings is 2. The molecule has 0 spiro atoms. The number of rotatable bonds is 16. The molecule has 1 N–H and O–H groups in total. The van der Waals surface area contributed by atoms with Gasteiger partial charge in [-0.05, 0) is 65.0 Å². The Hall–Kier alpha value is -3.08. The standard InChI is InChI=1S/C33H43F3N2O5/c1-5-42-29(39)20-41-16-15-40-13-9-6-10-14-43-23-18-26(34)30(27(35)19-23)32-31-25(24-11-7-8-12-28(24)37-31)17-22(2)38(32)21-33(3,4)36/h7-8,11-12,18-19,22,32,37H,5-6,9-10,13-17,20-21H2,1-4H3/t22-,32-/m1/s1. The SMILES string of the molecule is CCOC(=O)COCCOCCCCCOc1cc(F)c([C@@H]2c3[nH]c4ccccc4c3C[C@@H](C)N2CC(C)(C)F)c(F)c1. The number of unbranched alkanes of at least 4 members (excludes halogenated alkanes) is 2. The van der Waals surface area contributed by atoms with E-state index in [1.54, 1.807) is 6.92 Å². The van der Waals surface area contributed by atoms with E-state index in [4.69, 9.17) is 18.9 Å². The molecule has 1 aromatic heterocycles. The van der Waals surface area contributed by atoms with Gasteiger partial charge in [0.2, 0.25) is 0 Å². The molecule has 2 heterocycles. The first-order chi connectivity index (χ1) is 20.6. The highest BCUT2D eigenvalue weighted by molar-refractivity contribution is 5.85. The highest BCUT2D eigenvalue weighted by Gasteiger charge is 2.41. The van der Waals surface area contributed by atoms with E-state index in [1.807, 2.05) is 36.1 Å². The van der Waals surface area contributed by atoms with E-state index >= 15 is 8.78 Å². The number of aromatic amines is 1. The number of H-pyrrole nitrogens is 1. The van der Waals surface area contributed by atoms with Gasteiger partial charge in [0.15, 0.2) is 0 Å². The molecule has 0 unspecified atom stereocenters. The van der Waals surface area contributed by atoms with Crippen LogP contribution in [-0.2, 0) is 25.4 Å². The summed E-state index contributed by atoms with van der Waals surface area (Å²) in [6.45, 7) is 8.45. The molecule has 7 nitrogen and oxygen atoms in total. The van der Waals surface area contributed by atoms with Gasteiger partial charge in [0.05, 0.1) is 32.5 Å². The maximum absolute atomic E-state index is 15.8. The van der Waals surface area contributed by atoms with Crippen molar-refractivity contribution in [1.82, 2.24) is 9.88 Å². The first-order valence-electron chi connectivity index (χ1n) is 15.1. The van der Waals surface area contributed by atoms with E-state index in [1.165, 1.54) is 26.0 Å². The Labute approximate surface area is 251 Å². The molecule has 0 fully saturated rings. The van der Waals surface area contributed by atoms with Gasteiger partial charge in [0.25, 0.3) is 0 Å². The maximum Gasteiger partial charge on any atom is 0.332 e. The Balaban J connectivity index is 1.35. The molecule has 43 heavy (non-hydrogen) atoms. The average molecular weight is 605 g/mol. The lowest BCUT2D eigenvalue weighted by atomic mass is 9.87. The first-order valence-corrected chi connectivity index (χ1v) is 15.1. The van der Waals surface area contributed by atoms with Crippen molar-refractivity contribution < 1.29 is 36.9 Å². The number of para-hydroxylation sites is 1. The fraction of sp³-hybridized carbons (Fsp3) is 0.545. The van der Waals surface area contributed by atoms with Crippen LogP contribution in [0.4, 0.5) is 13.2 Å². The summed E-state index contributed by atoms with van der Waals surface area (Å²) in [5, 5.41) is 1.02. The van der Waals surface area contributed by atoms with Crippen LogP contribution in [0.25, 0.3) is 10.9 Å². The number of hydrogen-bond acceptors (Lipinski definition) is 6. The normalized spacial score (nSPS) is 17.3. The Morgan fingerprint density at radius 2 is 1.72 bits per heavy atom. The fourth-order valence-electron chi connectivity index (χ4n) is 5.66. The predicted octanol–water partition coefficient (Wildman–Crippen LogP) is 6.68. The Kier molecular flexibility index (Phi) is 11.5. The third kappa shape index (κ3) is 8.74. The minimum absolute atomic E-state index is 0.0229. The third-order valence-electron chi connectivity index (χ3n) is 7.50. The van der Waals surface area contributed by atoms with Gasteiger partial charge in [-0.2, -0.15) is 0 Å². The molecule has 0 amide bonds. The molecule has 3 aromatic rings. The lowest BCUT2D eigenvalue weighted by Gasteiger charge is -2.43. The molecule has 2 atom stereocenters. The van der Waals surface area contributed by atoms with Crippen LogP contribution in [0.2, 0.25) is 0 Å². The molecule has 0 saturated heterocycles. The lowest BCUT2D eigenvalue weighted by Crippen LogP contribution is -2.48. The van der Waals surface area contributed by atoms with Crippen LogP contribution in [-0.4, -0.2) is 73.7 Å². The number of carbonyl (C=O) groups is 1. The van der Waals surface area contributed by atoms with Crippen LogP contribution in [0.3, 0.4) is 0 Å². The van der Waals surface area contributed by atoms with Crippen molar-refractivity contribution in [2.45, 2.75) is 71.1 Å². The van der Waals surface area contributed by atoms with Crippen molar-refractivity contribution in [3.63, 3.8) is 0 Å². The van der Waals surface area contributed by atoms with Crippen LogP contribution in [0, 0.1) is 11.6 Å². The number of halogens is 3. The second-order valence-corrected chi connectivity index (χ2v) is 11.6. The summed E-state index contributed by atoms with van der Waals surface area (Å²) in [7, 11) is 0. The zero-order valence-electron chi connectivity index (χ0n) is 25.5. The van der Waals surface area contributed by atoms with Crippen LogP contribution in [0.15, 0.2) is 36.4 Å². The van der Waals surface area contributed by atoms with Gasteiger partial charge in [-0.25, -0.2) is 18.0 Å². The molecular weight excluding hydrogens is 561 g/mol. The topological polar surface area (TPSA) is 73.0 Å². The van der Waals surface area contributed by atoms with Crippen molar-refractivity contribution in [3.05, 3.63) is 64.9 Å². The van der Waals surface area contributed by atoms with Gasteiger partial charge in [-0.3, -0.25) is 4.90 Å². The van der Waals surface area contributed by atoms with Crippen LogP contribution in [0.5, 0.6) is 5.75 Å². The largest absolute Gasteiger partial charge is 0.493 e. The van der Waals surface area contributed by atoms with Gasteiger partial charge in [0, 0.05) is 53.5 Å². The maximum atomic E-state index is 15.8. The molecule has 0 saturated carbocycles. The summed E-state index contributed by atoms with van der Waals surface area (Å²) in [5.74, 6) is -1.73. The van der Waals surface area contributed by atoms with Gasteiger partial charge in [-0.1, -0.05) is 18.2 Å². The van der Waals surface area contributed by atoms with E-state index in [0.717, 1.165) is 29.3 Å². The minimum Gasteiger partial charge on any atom is -0.493 e. The van der Waals surface area contributed by atoms with Crippen LogP contribution in [0.1, 0.15) is 69.8 Å². The molecule has 0 bridgehead atoms. The monoisotopic (exact) mass is 604 g/mol. The van der Waals surface area contributed by atoms with Crippen molar-refractivity contribution in [2.24, 2.45) is 0 Å². The zero-order valence-corrected chi connectivity index (χ0v) is 25.5. The average Bonchev–Trinajstić information content (AvgIpc) is 3.30. The lowest BCUT2D eigenvalue weighted by molar-refractivity contribution is -0.148. The van der Waals surface area contributed by atoms with Crippen LogP contribution < -0.4 is 4.74 Å². The predicted molar refractivity (Wildman–Crippen MR) is 159 cm³/mol. The van der Waals surface area contributed by atoms with Crippen molar-refractivity contribution in [1.29, 1.82) is 0 Å². The Bertz CT molecular complexity index is 1330. The van der Waals surface area contributed by atoms with E-state index in [2.05, 4.69) is 4.98 Å². The molecule has 0 radical (unpaired) electrons. The smallest absolute Gasteiger partial charge is 0.332 e.